The molecule has 1 N–H and O–H groups in total. The maximum Gasteiger partial charge on any atom is 0.397 e. The van der Waals surface area contributed by atoms with Crippen LogP contribution in [0.3, 0.4) is 0 Å². The lowest BCUT2D eigenvalue weighted by molar-refractivity contribution is 0.214. The van der Waals surface area contributed by atoms with Crippen molar-refractivity contribution in [2.75, 3.05) is 26.0 Å². The van der Waals surface area contributed by atoms with Gasteiger partial charge in [0.25, 0.3) is 0 Å². The minimum atomic E-state index is -4.44. The van der Waals surface area contributed by atoms with Crippen molar-refractivity contribution in [2.24, 2.45) is 0 Å². The Morgan fingerprint density at radius 2 is 1.69 bits per heavy atom. The second-order valence-electron chi connectivity index (χ2n) is 2.77. The van der Waals surface area contributed by atoms with Crippen molar-refractivity contribution >= 4 is 18.0 Å². The highest BCUT2D eigenvalue weighted by atomic mass is 32.3. The van der Waals surface area contributed by atoms with Crippen LogP contribution in [0.1, 0.15) is 20.3 Å². The number of rotatable bonds is 9. The monoisotopic (exact) mass is 276 g/mol. The summed E-state index contributed by atoms with van der Waals surface area (Å²) in [6.07, 6.45) is 0.196. The Labute approximate surface area is 95.6 Å². The van der Waals surface area contributed by atoms with Gasteiger partial charge in [-0.25, -0.2) is 4.18 Å². The molecule has 9 heteroatoms. The number of hydrogen-bond acceptors (Lipinski definition) is 6. The summed E-state index contributed by atoms with van der Waals surface area (Å²) in [5, 5.41) is 0. The van der Waals surface area contributed by atoms with E-state index in [2.05, 4.69) is 4.18 Å². The highest BCUT2D eigenvalue weighted by molar-refractivity contribution is 7.80. The van der Waals surface area contributed by atoms with Crippen LogP contribution in [0, 0.1) is 0 Å². The van der Waals surface area contributed by atoms with Crippen molar-refractivity contribution in [1.29, 1.82) is 0 Å². The summed E-state index contributed by atoms with van der Waals surface area (Å²) < 4.78 is 54.5. The van der Waals surface area contributed by atoms with Crippen LogP contribution >= 0.6 is 7.60 Å². The first-order valence-corrected chi connectivity index (χ1v) is 7.92. The van der Waals surface area contributed by atoms with Crippen molar-refractivity contribution < 1.29 is 30.8 Å². The van der Waals surface area contributed by atoms with Gasteiger partial charge in [0.05, 0.1) is 26.0 Å². The van der Waals surface area contributed by atoms with Crippen LogP contribution in [0.2, 0.25) is 0 Å². The molecule has 0 aromatic carbocycles. The van der Waals surface area contributed by atoms with E-state index in [-0.39, 0.29) is 32.4 Å². The first-order chi connectivity index (χ1) is 7.33. The Morgan fingerprint density at radius 3 is 2.06 bits per heavy atom. The largest absolute Gasteiger partial charge is 0.397 e. The molecule has 0 unspecified atom stereocenters. The summed E-state index contributed by atoms with van der Waals surface area (Å²) in [4.78, 5) is 0. The third-order valence-electron chi connectivity index (χ3n) is 1.46. The van der Waals surface area contributed by atoms with Crippen LogP contribution in [0.25, 0.3) is 0 Å². The average molecular weight is 276 g/mol. The molecule has 0 aliphatic rings. The lowest BCUT2D eigenvalue weighted by atomic mass is 10.5. The summed E-state index contributed by atoms with van der Waals surface area (Å²) in [5.41, 5.74) is 0. The van der Waals surface area contributed by atoms with Gasteiger partial charge in [-0.05, 0) is 20.3 Å². The zero-order valence-corrected chi connectivity index (χ0v) is 11.0. The summed E-state index contributed by atoms with van der Waals surface area (Å²) in [6, 6.07) is 0. The molecule has 0 fully saturated rings. The van der Waals surface area contributed by atoms with Gasteiger partial charge in [0.2, 0.25) is 0 Å². The molecule has 0 rings (SSSR count). The van der Waals surface area contributed by atoms with E-state index in [1.165, 1.54) is 0 Å². The van der Waals surface area contributed by atoms with Gasteiger partial charge >= 0.3 is 18.0 Å². The highest BCUT2D eigenvalue weighted by Gasteiger charge is 2.22. The molecular weight excluding hydrogens is 259 g/mol. The van der Waals surface area contributed by atoms with Gasteiger partial charge in [0.1, 0.15) is 0 Å². The van der Waals surface area contributed by atoms with Gasteiger partial charge in [-0.15, -0.1) is 0 Å². The molecule has 16 heavy (non-hydrogen) atoms. The van der Waals surface area contributed by atoms with E-state index in [9.17, 15) is 13.0 Å². The maximum atomic E-state index is 11.8. The van der Waals surface area contributed by atoms with Crippen LogP contribution < -0.4 is 0 Å². The lowest BCUT2D eigenvalue weighted by Crippen LogP contribution is -2.08. The molecule has 0 bridgehead atoms. The van der Waals surface area contributed by atoms with Crippen LogP contribution in [0.4, 0.5) is 0 Å². The summed E-state index contributed by atoms with van der Waals surface area (Å²) in [6.45, 7) is 3.59. The first-order valence-electron chi connectivity index (χ1n) is 4.83. The quantitative estimate of drug-likeness (QED) is 0.386. The minimum Gasteiger partial charge on any atom is -0.309 e. The zero-order valence-electron chi connectivity index (χ0n) is 9.29. The molecule has 0 aliphatic heterocycles. The Hall–Kier alpha value is 0.0200. The SMILES string of the molecule is CCOP(=O)(CCCOS(=O)(=O)O)OCC. The lowest BCUT2D eigenvalue weighted by Gasteiger charge is -2.16. The van der Waals surface area contributed by atoms with Crippen molar-refractivity contribution in [3.8, 4) is 0 Å². The fraction of sp³-hybridized carbons (Fsp3) is 1.00. The second-order valence-corrected chi connectivity index (χ2v) is 6.05. The van der Waals surface area contributed by atoms with Gasteiger partial charge in [-0.2, -0.15) is 8.42 Å². The van der Waals surface area contributed by atoms with Gasteiger partial charge in [0.15, 0.2) is 0 Å². The predicted molar refractivity (Wildman–Crippen MR) is 57.8 cm³/mol. The Morgan fingerprint density at radius 1 is 1.19 bits per heavy atom. The normalized spacial score (nSPS) is 12.9. The highest BCUT2D eigenvalue weighted by Crippen LogP contribution is 2.48. The molecule has 0 saturated carbocycles. The molecule has 0 heterocycles. The van der Waals surface area contributed by atoms with Crippen LogP contribution in [-0.4, -0.2) is 39.0 Å². The molecule has 0 spiro atoms. The predicted octanol–water partition coefficient (Wildman–Crippen LogP) is 1.46. The van der Waals surface area contributed by atoms with Gasteiger partial charge in [-0.1, -0.05) is 0 Å². The first kappa shape index (κ1) is 16.0. The zero-order chi connectivity index (χ0) is 12.7. The molecule has 7 nitrogen and oxygen atoms in total. The molecule has 0 amide bonds. The van der Waals surface area contributed by atoms with E-state index < -0.39 is 18.0 Å². The molecule has 98 valence electrons. The fourth-order valence-electron chi connectivity index (χ4n) is 0.982. The number of hydrogen-bond donors (Lipinski definition) is 1. The molecule has 0 radical (unpaired) electrons. The van der Waals surface area contributed by atoms with E-state index in [0.717, 1.165) is 0 Å². The van der Waals surface area contributed by atoms with E-state index in [1.807, 2.05) is 0 Å². The van der Waals surface area contributed by atoms with Crippen molar-refractivity contribution in [3.63, 3.8) is 0 Å². The average Bonchev–Trinajstić information content (AvgIpc) is 2.12. The van der Waals surface area contributed by atoms with Crippen LogP contribution in [-0.2, 0) is 28.2 Å². The third-order valence-corrected chi connectivity index (χ3v) is 4.09. The van der Waals surface area contributed by atoms with E-state index in [0.29, 0.717) is 0 Å². The molecule has 0 aromatic rings. The van der Waals surface area contributed by atoms with Crippen LogP contribution in [0.5, 0.6) is 0 Å². The third kappa shape index (κ3) is 8.20. The smallest absolute Gasteiger partial charge is 0.309 e. The molecule has 0 aliphatic carbocycles. The Balaban J connectivity index is 3.99. The summed E-state index contributed by atoms with van der Waals surface area (Å²) in [5.74, 6) is 0. The van der Waals surface area contributed by atoms with Gasteiger partial charge in [-0.3, -0.25) is 9.12 Å². The van der Waals surface area contributed by atoms with Crippen molar-refractivity contribution in [1.82, 2.24) is 0 Å². The van der Waals surface area contributed by atoms with E-state index >= 15 is 0 Å². The topological polar surface area (TPSA) is 99.1 Å². The molecule has 0 saturated heterocycles. The summed E-state index contributed by atoms with van der Waals surface area (Å²) >= 11 is 0. The molecule has 0 aromatic heterocycles. The molecular formula is C7H17O7PS. The summed E-state index contributed by atoms with van der Waals surface area (Å²) in [7, 11) is -7.60. The Kier molecular flexibility index (Phi) is 7.38. The Bertz CT molecular complexity index is 316. The van der Waals surface area contributed by atoms with Gasteiger partial charge < -0.3 is 9.05 Å². The second kappa shape index (κ2) is 7.37. The van der Waals surface area contributed by atoms with Crippen LogP contribution in [0.15, 0.2) is 0 Å². The van der Waals surface area contributed by atoms with Crippen molar-refractivity contribution in [3.05, 3.63) is 0 Å². The fourth-order valence-corrected chi connectivity index (χ4v) is 2.95. The van der Waals surface area contributed by atoms with E-state index in [4.69, 9.17) is 13.6 Å². The van der Waals surface area contributed by atoms with E-state index in [1.54, 1.807) is 13.8 Å². The molecule has 0 atom stereocenters. The minimum absolute atomic E-state index is 0.0458. The standard InChI is InChI=1S/C7H17O7PS/c1-3-12-15(8,13-4-2)7-5-6-14-16(9,10)11/h3-7H2,1-2H3,(H,9,10,11). The maximum absolute atomic E-state index is 11.8. The van der Waals surface area contributed by atoms with Gasteiger partial charge in [0, 0.05) is 0 Å². The van der Waals surface area contributed by atoms with Crippen molar-refractivity contribution in [2.45, 2.75) is 20.3 Å².